The molecule has 0 aliphatic carbocycles. The minimum absolute atomic E-state index is 0.0465. The molecule has 3 aromatic carbocycles. The van der Waals surface area contributed by atoms with Gasteiger partial charge < -0.3 is 9.15 Å². The van der Waals surface area contributed by atoms with Crippen molar-refractivity contribution in [2.24, 2.45) is 0 Å². The van der Waals surface area contributed by atoms with Crippen LogP contribution in [0.2, 0.25) is 5.02 Å². The molecule has 0 unspecified atom stereocenters. The third kappa shape index (κ3) is 4.56. The normalized spacial score (nSPS) is 11.4. The first kappa shape index (κ1) is 23.2. The van der Waals surface area contributed by atoms with Crippen molar-refractivity contribution in [1.29, 1.82) is 0 Å². The van der Waals surface area contributed by atoms with Crippen LogP contribution in [0.1, 0.15) is 36.7 Å². The third-order valence-corrected chi connectivity index (χ3v) is 5.57. The standard InChI is InChI=1S/C26H20ClNO6/c1-26(2,3)17-8-4-15(5-9-17)23-24(22(29)20-14-18(27)10-13-21(20)33-23)34-25(30)16-6-11-19(12-7-16)28(31)32/h4-14H,1-3H3. The van der Waals surface area contributed by atoms with Crippen molar-refractivity contribution in [3.8, 4) is 17.1 Å². The summed E-state index contributed by atoms with van der Waals surface area (Å²) >= 11 is 6.06. The summed E-state index contributed by atoms with van der Waals surface area (Å²) in [5.41, 5.74) is 1.16. The molecule has 0 aliphatic heterocycles. The molecular weight excluding hydrogens is 458 g/mol. The molecule has 0 bridgehead atoms. The lowest BCUT2D eigenvalue weighted by Gasteiger charge is -2.19. The molecule has 34 heavy (non-hydrogen) atoms. The number of nitro groups is 1. The lowest BCUT2D eigenvalue weighted by Crippen LogP contribution is -2.16. The second-order valence-electron chi connectivity index (χ2n) is 8.75. The van der Waals surface area contributed by atoms with Gasteiger partial charge >= 0.3 is 5.97 Å². The maximum absolute atomic E-state index is 13.3. The number of halogens is 1. The molecule has 4 aromatic rings. The molecule has 0 amide bonds. The smallest absolute Gasteiger partial charge is 0.343 e. The van der Waals surface area contributed by atoms with Gasteiger partial charge in [-0.25, -0.2) is 4.79 Å². The molecule has 0 spiro atoms. The summed E-state index contributed by atoms with van der Waals surface area (Å²) in [6, 6.07) is 16.9. The first-order valence-electron chi connectivity index (χ1n) is 10.4. The zero-order valence-corrected chi connectivity index (χ0v) is 19.4. The summed E-state index contributed by atoms with van der Waals surface area (Å²) < 4.78 is 11.5. The van der Waals surface area contributed by atoms with E-state index in [-0.39, 0.29) is 33.6 Å². The third-order valence-electron chi connectivity index (χ3n) is 5.33. The highest BCUT2D eigenvalue weighted by molar-refractivity contribution is 6.31. The summed E-state index contributed by atoms with van der Waals surface area (Å²) in [5.74, 6) is -1.05. The second-order valence-corrected chi connectivity index (χ2v) is 9.19. The molecule has 1 aromatic heterocycles. The molecule has 0 atom stereocenters. The fraction of sp³-hybridized carbons (Fsp3) is 0.154. The monoisotopic (exact) mass is 477 g/mol. The number of ether oxygens (including phenoxy) is 1. The highest BCUT2D eigenvalue weighted by atomic mass is 35.5. The van der Waals surface area contributed by atoms with Crippen molar-refractivity contribution in [3.63, 3.8) is 0 Å². The van der Waals surface area contributed by atoms with Crippen LogP contribution in [-0.2, 0) is 5.41 Å². The number of rotatable bonds is 4. The average Bonchev–Trinajstić information content (AvgIpc) is 2.80. The average molecular weight is 478 g/mol. The Morgan fingerprint density at radius 3 is 2.24 bits per heavy atom. The summed E-state index contributed by atoms with van der Waals surface area (Å²) in [4.78, 5) is 36.5. The van der Waals surface area contributed by atoms with E-state index in [1.165, 1.54) is 30.3 Å². The van der Waals surface area contributed by atoms with E-state index in [1.807, 2.05) is 12.1 Å². The van der Waals surface area contributed by atoms with Crippen LogP contribution in [0.25, 0.3) is 22.3 Å². The fourth-order valence-electron chi connectivity index (χ4n) is 3.43. The molecule has 7 nitrogen and oxygen atoms in total. The Kier molecular flexibility index (Phi) is 5.98. The lowest BCUT2D eigenvalue weighted by atomic mass is 9.86. The second kappa shape index (κ2) is 8.76. The number of carbonyl (C=O) groups is 1. The van der Waals surface area contributed by atoms with E-state index in [2.05, 4.69) is 20.8 Å². The first-order valence-corrected chi connectivity index (χ1v) is 10.8. The van der Waals surface area contributed by atoms with Crippen molar-refractivity contribution in [2.45, 2.75) is 26.2 Å². The lowest BCUT2D eigenvalue weighted by molar-refractivity contribution is -0.384. The van der Waals surface area contributed by atoms with Crippen LogP contribution in [0.4, 0.5) is 5.69 Å². The van der Waals surface area contributed by atoms with Crippen LogP contribution in [0.15, 0.2) is 75.9 Å². The zero-order chi connectivity index (χ0) is 24.6. The number of non-ortho nitro benzene ring substituents is 1. The summed E-state index contributed by atoms with van der Waals surface area (Å²) in [6.07, 6.45) is 0. The topological polar surface area (TPSA) is 99.7 Å². The maximum atomic E-state index is 13.3. The number of nitro benzene ring substituents is 1. The van der Waals surface area contributed by atoms with Gasteiger partial charge in [0.1, 0.15) is 5.58 Å². The Hall–Kier alpha value is -3.97. The van der Waals surface area contributed by atoms with Crippen LogP contribution < -0.4 is 10.2 Å². The van der Waals surface area contributed by atoms with E-state index in [9.17, 15) is 19.7 Å². The Balaban J connectivity index is 1.83. The van der Waals surface area contributed by atoms with Crippen molar-refractivity contribution in [3.05, 3.63) is 103 Å². The molecule has 0 saturated carbocycles. The number of nitrogens with zero attached hydrogens (tertiary/aromatic N) is 1. The van der Waals surface area contributed by atoms with Crippen LogP contribution in [0, 0.1) is 10.1 Å². The minimum Gasteiger partial charge on any atom is -0.452 e. The summed E-state index contributed by atoms with van der Waals surface area (Å²) in [7, 11) is 0. The van der Waals surface area contributed by atoms with Crippen molar-refractivity contribution >= 4 is 34.2 Å². The number of carbonyl (C=O) groups excluding carboxylic acids is 1. The molecule has 8 heteroatoms. The SMILES string of the molecule is CC(C)(C)c1ccc(-c2oc3ccc(Cl)cc3c(=O)c2OC(=O)c2ccc([N+](=O)[O-])cc2)cc1. The van der Waals surface area contributed by atoms with Gasteiger partial charge in [-0.2, -0.15) is 0 Å². The molecule has 4 rings (SSSR count). The van der Waals surface area contributed by atoms with E-state index in [0.29, 0.717) is 16.2 Å². The molecule has 0 fully saturated rings. The predicted octanol–water partition coefficient (Wildman–Crippen LogP) is 6.54. The van der Waals surface area contributed by atoms with E-state index >= 15 is 0 Å². The molecule has 1 heterocycles. The molecule has 0 saturated heterocycles. The molecular formula is C26H20ClNO6. The van der Waals surface area contributed by atoms with Gasteiger partial charge in [0.2, 0.25) is 11.2 Å². The maximum Gasteiger partial charge on any atom is 0.343 e. The van der Waals surface area contributed by atoms with Crippen molar-refractivity contribution < 1.29 is 18.9 Å². The van der Waals surface area contributed by atoms with Gasteiger partial charge in [0, 0.05) is 22.7 Å². The molecule has 0 radical (unpaired) electrons. The minimum atomic E-state index is -0.851. The highest BCUT2D eigenvalue weighted by Gasteiger charge is 2.23. The van der Waals surface area contributed by atoms with Gasteiger partial charge in [-0.3, -0.25) is 14.9 Å². The van der Waals surface area contributed by atoms with E-state index in [4.69, 9.17) is 20.8 Å². The van der Waals surface area contributed by atoms with Crippen LogP contribution in [0.3, 0.4) is 0 Å². The van der Waals surface area contributed by atoms with Gasteiger partial charge in [0.05, 0.1) is 15.9 Å². The van der Waals surface area contributed by atoms with Gasteiger partial charge in [0.15, 0.2) is 5.76 Å². The van der Waals surface area contributed by atoms with Gasteiger partial charge in [-0.15, -0.1) is 0 Å². The summed E-state index contributed by atoms with van der Waals surface area (Å²) in [6.45, 7) is 6.25. The van der Waals surface area contributed by atoms with E-state index in [1.54, 1.807) is 24.3 Å². The Morgan fingerprint density at radius 2 is 1.65 bits per heavy atom. The quantitative estimate of drug-likeness (QED) is 0.188. The predicted molar refractivity (Wildman–Crippen MR) is 130 cm³/mol. The van der Waals surface area contributed by atoms with Crippen LogP contribution in [0.5, 0.6) is 5.75 Å². The first-order chi connectivity index (χ1) is 16.0. The Bertz CT molecular complexity index is 1470. The molecule has 0 aliphatic rings. The molecule has 172 valence electrons. The van der Waals surface area contributed by atoms with Gasteiger partial charge in [0.25, 0.3) is 5.69 Å². The van der Waals surface area contributed by atoms with E-state index < -0.39 is 16.3 Å². The fourth-order valence-corrected chi connectivity index (χ4v) is 3.60. The van der Waals surface area contributed by atoms with Crippen molar-refractivity contribution in [2.75, 3.05) is 0 Å². The Labute approximate surface area is 199 Å². The van der Waals surface area contributed by atoms with E-state index in [0.717, 1.165) is 5.56 Å². The number of fused-ring (bicyclic) bond motifs is 1. The molecule has 0 N–H and O–H groups in total. The highest BCUT2D eigenvalue weighted by Crippen LogP contribution is 2.34. The number of benzene rings is 3. The van der Waals surface area contributed by atoms with Crippen LogP contribution in [-0.4, -0.2) is 10.9 Å². The number of esters is 1. The summed E-state index contributed by atoms with van der Waals surface area (Å²) in [5, 5.41) is 11.4. The number of hydrogen-bond donors (Lipinski definition) is 0. The van der Waals surface area contributed by atoms with Crippen molar-refractivity contribution in [1.82, 2.24) is 0 Å². The Morgan fingerprint density at radius 1 is 1.00 bits per heavy atom. The largest absolute Gasteiger partial charge is 0.452 e. The van der Waals surface area contributed by atoms with Gasteiger partial charge in [-0.05, 0) is 41.3 Å². The van der Waals surface area contributed by atoms with Gasteiger partial charge in [-0.1, -0.05) is 56.6 Å². The zero-order valence-electron chi connectivity index (χ0n) is 18.6. The van der Waals surface area contributed by atoms with Crippen LogP contribution >= 0.6 is 11.6 Å². The number of hydrogen-bond acceptors (Lipinski definition) is 6.